The van der Waals surface area contributed by atoms with E-state index in [4.69, 9.17) is 16.6 Å². The van der Waals surface area contributed by atoms with Gasteiger partial charge in [-0.05, 0) is 45.4 Å². The quantitative estimate of drug-likeness (QED) is 0.773. The van der Waals surface area contributed by atoms with Crippen LogP contribution in [0, 0.1) is 0 Å². The number of likely N-dealkylation sites (tertiary alicyclic amines) is 1. The second kappa shape index (κ2) is 4.56. The van der Waals surface area contributed by atoms with E-state index in [9.17, 15) is 0 Å². The summed E-state index contributed by atoms with van der Waals surface area (Å²) < 4.78 is 1.97. The molecule has 1 saturated heterocycles. The van der Waals surface area contributed by atoms with Crippen LogP contribution in [0.2, 0.25) is 5.15 Å². The number of imidazole rings is 1. The van der Waals surface area contributed by atoms with Crippen LogP contribution in [-0.2, 0) is 0 Å². The Bertz CT molecular complexity index is 561. The molecule has 0 bridgehead atoms. The molecule has 3 heterocycles. The number of nitrogens with zero attached hydrogens (tertiary/aromatic N) is 3. The molecule has 1 aliphatic heterocycles. The third kappa shape index (κ3) is 1.91. The van der Waals surface area contributed by atoms with E-state index >= 15 is 0 Å². The van der Waals surface area contributed by atoms with Crippen LogP contribution in [0.5, 0.6) is 0 Å². The predicted molar refractivity (Wildman–Crippen MR) is 74.0 cm³/mol. The minimum atomic E-state index is 0.445. The molecule has 3 nitrogen and oxygen atoms in total. The van der Waals surface area contributed by atoms with Gasteiger partial charge in [0.2, 0.25) is 0 Å². The van der Waals surface area contributed by atoms with Gasteiger partial charge in [-0.15, -0.1) is 0 Å². The van der Waals surface area contributed by atoms with Crippen molar-refractivity contribution in [1.29, 1.82) is 0 Å². The summed E-state index contributed by atoms with van der Waals surface area (Å²) in [6, 6.07) is 6.86. The van der Waals surface area contributed by atoms with E-state index in [1.807, 2.05) is 22.6 Å². The molecule has 0 amide bonds. The van der Waals surface area contributed by atoms with E-state index in [0.717, 1.165) is 16.5 Å². The lowest BCUT2D eigenvalue weighted by Crippen LogP contribution is -2.30. The van der Waals surface area contributed by atoms with Crippen molar-refractivity contribution in [2.75, 3.05) is 6.54 Å². The lowest BCUT2D eigenvalue weighted by molar-refractivity contribution is 0.202. The normalized spacial score (nSPS) is 21.2. The van der Waals surface area contributed by atoms with Gasteiger partial charge in [-0.2, -0.15) is 0 Å². The Kier molecular flexibility index (Phi) is 3.04. The van der Waals surface area contributed by atoms with Crippen molar-refractivity contribution in [3.8, 4) is 0 Å². The van der Waals surface area contributed by atoms with Crippen LogP contribution >= 0.6 is 11.6 Å². The molecule has 1 fully saturated rings. The van der Waals surface area contributed by atoms with E-state index < -0.39 is 0 Å². The second-order valence-electron chi connectivity index (χ2n) is 5.23. The third-order valence-corrected chi connectivity index (χ3v) is 4.07. The highest BCUT2D eigenvalue weighted by Crippen LogP contribution is 2.33. The molecule has 0 saturated carbocycles. The summed E-state index contributed by atoms with van der Waals surface area (Å²) in [4.78, 5) is 7.25. The molecule has 1 aliphatic rings. The highest BCUT2D eigenvalue weighted by molar-refractivity contribution is 6.29. The van der Waals surface area contributed by atoms with Crippen molar-refractivity contribution in [2.45, 2.75) is 38.8 Å². The number of aromatic nitrogens is 2. The zero-order valence-corrected chi connectivity index (χ0v) is 11.6. The van der Waals surface area contributed by atoms with Crippen molar-refractivity contribution in [2.24, 2.45) is 0 Å². The van der Waals surface area contributed by atoms with Crippen LogP contribution < -0.4 is 0 Å². The largest absolute Gasteiger partial charge is 0.292 e. The number of halogens is 1. The first kappa shape index (κ1) is 12.0. The molecular formula is C14H18ClN3. The van der Waals surface area contributed by atoms with E-state index in [0.29, 0.717) is 12.1 Å². The summed E-state index contributed by atoms with van der Waals surface area (Å²) in [5.74, 6) is 0. The SMILES string of the molecule is CC(C)N1CCCC1c1cn2c(Cl)cccc2n1. The van der Waals surface area contributed by atoms with Gasteiger partial charge in [0.1, 0.15) is 10.8 Å². The molecule has 1 atom stereocenters. The number of hydrogen-bond donors (Lipinski definition) is 0. The molecule has 0 N–H and O–H groups in total. The van der Waals surface area contributed by atoms with Gasteiger partial charge >= 0.3 is 0 Å². The molecule has 18 heavy (non-hydrogen) atoms. The number of fused-ring (bicyclic) bond motifs is 1. The highest BCUT2D eigenvalue weighted by Gasteiger charge is 2.29. The Morgan fingerprint density at radius 3 is 2.94 bits per heavy atom. The van der Waals surface area contributed by atoms with Gasteiger partial charge in [0.15, 0.2) is 0 Å². The van der Waals surface area contributed by atoms with Gasteiger partial charge in [0, 0.05) is 12.2 Å². The maximum Gasteiger partial charge on any atom is 0.138 e. The Balaban J connectivity index is 2.01. The molecule has 0 aromatic carbocycles. The van der Waals surface area contributed by atoms with Gasteiger partial charge in [-0.1, -0.05) is 17.7 Å². The van der Waals surface area contributed by atoms with Gasteiger partial charge in [0.05, 0.1) is 11.7 Å². The van der Waals surface area contributed by atoms with Gasteiger partial charge in [0.25, 0.3) is 0 Å². The molecule has 1 unspecified atom stereocenters. The Hall–Kier alpha value is -1.06. The summed E-state index contributed by atoms with van der Waals surface area (Å²) in [5, 5.41) is 0.723. The fraction of sp³-hybridized carbons (Fsp3) is 0.500. The summed E-state index contributed by atoms with van der Waals surface area (Å²) in [6.45, 7) is 5.67. The van der Waals surface area contributed by atoms with Crippen LogP contribution in [0.3, 0.4) is 0 Å². The zero-order chi connectivity index (χ0) is 12.7. The summed E-state index contributed by atoms with van der Waals surface area (Å²) >= 11 is 6.19. The van der Waals surface area contributed by atoms with Crippen LogP contribution in [0.25, 0.3) is 5.65 Å². The first-order valence-electron chi connectivity index (χ1n) is 6.56. The van der Waals surface area contributed by atoms with Crippen LogP contribution in [-0.4, -0.2) is 26.9 Å². The van der Waals surface area contributed by atoms with E-state index in [-0.39, 0.29) is 0 Å². The first-order valence-corrected chi connectivity index (χ1v) is 6.94. The molecule has 2 aromatic heterocycles. The minimum Gasteiger partial charge on any atom is -0.292 e. The van der Waals surface area contributed by atoms with E-state index in [2.05, 4.69) is 24.9 Å². The van der Waals surface area contributed by atoms with Crippen molar-refractivity contribution in [3.63, 3.8) is 0 Å². The molecule has 0 spiro atoms. The standard InChI is InChI=1S/C14H18ClN3/c1-10(2)17-8-4-5-12(17)11-9-18-13(15)6-3-7-14(18)16-11/h3,6-7,9-10,12H,4-5,8H2,1-2H3. The Morgan fingerprint density at radius 1 is 1.39 bits per heavy atom. The highest BCUT2D eigenvalue weighted by atomic mass is 35.5. The summed E-state index contributed by atoms with van der Waals surface area (Å²) in [5.41, 5.74) is 2.09. The number of rotatable bonds is 2. The van der Waals surface area contributed by atoms with Crippen molar-refractivity contribution in [1.82, 2.24) is 14.3 Å². The van der Waals surface area contributed by atoms with Crippen LogP contribution in [0.15, 0.2) is 24.4 Å². The van der Waals surface area contributed by atoms with Gasteiger partial charge in [-0.3, -0.25) is 9.30 Å². The molecule has 0 radical (unpaired) electrons. The zero-order valence-electron chi connectivity index (χ0n) is 10.8. The predicted octanol–water partition coefficient (Wildman–Crippen LogP) is 3.53. The fourth-order valence-electron chi connectivity index (χ4n) is 2.88. The number of hydrogen-bond acceptors (Lipinski definition) is 2. The lowest BCUT2D eigenvalue weighted by atomic mass is 10.1. The molecular weight excluding hydrogens is 246 g/mol. The first-order chi connectivity index (χ1) is 8.66. The molecule has 3 rings (SSSR count). The van der Waals surface area contributed by atoms with Crippen molar-refractivity contribution >= 4 is 17.2 Å². The Labute approximate surface area is 112 Å². The maximum absolute atomic E-state index is 6.19. The monoisotopic (exact) mass is 263 g/mol. The average molecular weight is 264 g/mol. The van der Waals surface area contributed by atoms with Crippen LogP contribution in [0.1, 0.15) is 38.4 Å². The summed E-state index contributed by atoms with van der Waals surface area (Å²) in [7, 11) is 0. The molecule has 0 aliphatic carbocycles. The molecule has 4 heteroatoms. The van der Waals surface area contributed by atoms with E-state index in [1.54, 1.807) is 0 Å². The third-order valence-electron chi connectivity index (χ3n) is 3.76. The molecule has 2 aromatic rings. The smallest absolute Gasteiger partial charge is 0.138 e. The fourth-order valence-corrected chi connectivity index (χ4v) is 3.09. The van der Waals surface area contributed by atoms with E-state index in [1.165, 1.54) is 19.4 Å². The minimum absolute atomic E-state index is 0.445. The maximum atomic E-state index is 6.19. The average Bonchev–Trinajstić information content (AvgIpc) is 2.95. The van der Waals surface area contributed by atoms with Crippen molar-refractivity contribution in [3.05, 3.63) is 35.2 Å². The second-order valence-corrected chi connectivity index (χ2v) is 5.62. The lowest BCUT2D eigenvalue weighted by Gasteiger charge is -2.26. The summed E-state index contributed by atoms with van der Waals surface area (Å²) in [6.07, 6.45) is 4.53. The Morgan fingerprint density at radius 2 is 2.22 bits per heavy atom. The number of pyridine rings is 1. The molecule has 96 valence electrons. The van der Waals surface area contributed by atoms with Gasteiger partial charge < -0.3 is 0 Å². The van der Waals surface area contributed by atoms with Crippen molar-refractivity contribution < 1.29 is 0 Å². The van der Waals surface area contributed by atoms with Gasteiger partial charge in [-0.25, -0.2) is 4.98 Å². The van der Waals surface area contributed by atoms with Crippen LogP contribution in [0.4, 0.5) is 0 Å². The topological polar surface area (TPSA) is 20.5 Å².